The molecule has 1 amide bonds. The van der Waals surface area contributed by atoms with Crippen LogP contribution >= 0.6 is 8.25 Å². The Morgan fingerprint density at radius 1 is 1.15 bits per heavy atom. The molecule has 1 aliphatic rings. The zero-order valence-electron chi connectivity index (χ0n) is 21.3. The highest BCUT2D eigenvalue weighted by Crippen LogP contribution is 2.29. The average molecular weight is 609 g/mol. The van der Waals surface area contributed by atoms with Gasteiger partial charge in [-0.15, -0.1) is 10.2 Å². The van der Waals surface area contributed by atoms with Crippen molar-refractivity contribution in [3.05, 3.63) is 82.7 Å². The molecule has 0 spiro atoms. The van der Waals surface area contributed by atoms with Crippen LogP contribution in [0.3, 0.4) is 0 Å². The highest BCUT2D eigenvalue weighted by atomic mass is 31.1. The van der Waals surface area contributed by atoms with Gasteiger partial charge in [0, 0.05) is 43.8 Å². The van der Waals surface area contributed by atoms with Gasteiger partial charge in [0.15, 0.2) is 17.5 Å². The largest absolute Gasteiger partial charge is 0.565 e. The number of fused-ring (bicyclic) bond motifs is 1. The number of alkyl halides is 3. The number of aromatic nitrogens is 3. The van der Waals surface area contributed by atoms with E-state index >= 15 is 0 Å². The number of nitrogens with one attached hydrogen (secondary N) is 1. The summed E-state index contributed by atoms with van der Waals surface area (Å²) in [4.78, 5) is 23.4. The first kappa shape index (κ1) is 32.1. The number of amides is 1. The lowest BCUT2D eigenvalue weighted by molar-refractivity contribution is -0.244. The Morgan fingerprint density at radius 3 is 2.39 bits per heavy atom. The van der Waals surface area contributed by atoms with E-state index in [4.69, 9.17) is 14.7 Å². The summed E-state index contributed by atoms with van der Waals surface area (Å²) in [6.07, 6.45) is -4.93. The second-order valence-electron chi connectivity index (χ2n) is 8.97. The van der Waals surface area contributed by atoms with Crippen molar-refractivity contribution >= 4 is 14.2 Å². The van der Waals surface area contributed by atoms with Crippen molar-refractivity contribution in [2.75, 3.05) is 6.54 Å². The third-order valence-electron chi connectivity index (χ3n) is 6.19. The molecular weight excluding hydrogens is 583 g/mol. The minimum atomic E-state index is -4.66. The highest BCUT2D eigenvalue weighted by Gasteiger charge is 2.40. The van der Waals surface area contributed by atoms with Gasteiger partial charge < -0.3 is 19.7 Å². The third-order valence-corrected chi connectivity index (χ3v) is 6.32. The maximum Gasteiger partial charge on any atom is 0.521 e. The van der Waals surface area contributed by atoms with Crippen LogP contribution in [0.1, 0.15) is 43.6 Å². The zero-order valence-corrected chi connectivity index (χ0v) is 22.2. The quantitative estimate of drug-likeness (QED) is 0.128. The molecule has 0 radical (unpaired) electrons. The van der Waals surface area contributed by atoms with Gasteiger partial charge in [-0.3, -0.25) is 4.79 Å². The number of carbonyl (C=O) groups is 1. The Bertz CT molecular complexity index is 1370. The SMILES string of the molecule is C[C@H](N[C@@H](CC(=O)N1CCn2c(nnc2C(F)(F)F)C1)Cc1cc(F)c(F)cc1F)c1ccccc1.O=[P+]([O-])OO.[HH]. The fraction of sp³-hybridized carbons (Fsp3) is 0.375. The van der Waals surface area contributed by atoms with Gasteiger partial charge in [-0.1, -0.05) is 30.3 Å². The molecule has 0 bridgehead atoms. The van der Waals surface area contributed by atoms with Crippen molar-refractivity contribution in [2.24, 2.45) is 0 Å². The molecule has 10 nitrogen and oxygen atoms in total. The molecule has 41 heavy (non-hydrogen) atoms. The number of hydrogen-bond acceptors (Lipinski definition) is 8. The van der Waals surface area contributed by atoms with Crippen molar-refractivity contribution in [1.82, 2.24) is 25.0 Å². The van der Waals surface area contributed by atoms with E-state index in [1.165, 1.54) is 4.90 Å². The lowest BCUT2D eigenvalue weighted by Gasteiger charge is -2.30. The predicted octanol–water partition coefficient (Wildman–Crippen LogP) is 4.15. The van der Waals surface area contributed by atoms with Crippen molar-refractivity contribution in [3.63, 3.8) is 0 Å². The summed E-state index contributed by atoms with van der Waals surface area (Å²) in [6.45, 7) is 1.56. The predicted molar refractivity (Wildman–Crippen MR) is 130 cm³/mol. The number of carbonyl (C=O) groups excluding carboxylic acids is 1. The summed E-state index contributed by atoms with van der Waals surface area (Å²) in [5, 5.41) is 17.1. The Hall–Kier alpha value is -3.43. The minimum absolute atomic E-state index is 0. The van der Waals surface area contributed by atoms with Crippen molar-refractivity contribution in [3.8, 4) is 0 Å². The Kier molecular flexibility index (Phi) is 10.9. The van der Waals surface area contributed by atoms with Crippen LogP contribution in [0.2, 0.25) is 0 Å². The van der Waals surface area contributed by atoms with Gasteiger partial charge in [-0.25, -0.2) is 18.4 Å². The number of nitrogens with zero attached hydrogens (tertiary/aromatic N) is 4. The average Bonchev–Trinajstić information content (AvgIpc) is 3.36. The van der Waals surface area contributed by atoms with E-state index in [1.807, 2.05) is 37.3 Å². The maximum absolute atomic E-state index is 14.4. The Balaban J connectivity index is 0.000000947. The van der Waals surface area contributed by atoms with Crippen molar-refractivity contribution in [2.45, 2.75) is 51.1 Å². The van der Waals surface area contributed by atoms with Crippen molar-refractivity contribution in [1.29, 1.82) is 0 Å². The molecule has 0 saturated heterocycles. The molecule has 224 valence electrons. The van der Waals surface area contributed by atoms with Crippen LogP contribution in [0.5, 0.6) is 0 Å². The zero-order chi connectivity index (χ0) is 30.3. The van der Waals surface area contributed by atoms with E-state index in [9.17, 15) is 31.1 Å². The van der Waals surface area contributed by atoms with Gasteiger partial charge in [-0.05, 0) is 35.1 Å². The van der Waals surface area contributed by atoms with Gasteiger partial charge in [0.25, 0.3) is 0 Å². The molecule has 1 aliphatic heterocycles. The van der Waals surface area contributed by atoms with E-state index in [0.29, 0.717) is 6.07 Å². The molecule has 0 aliphatic carbocycles. The van der Waals surface area contributed by atoms with Crippen LogP contribution in [0.15, 0.2) is 42.5 Å². The van der Waals surface area contributed by atoms with Gasteiger partial charge >= 0.3 is 14.4 Å². The Morgan fingerprint density at radius 2 is 1.78 bits per heavy atom. The third kappa shape index (κ3) is 8.78. The molecule has 17 heteroatoms. The normalized spacial score (nSPS) is 15.0. The summed E-state index contributed by atoms with van der Waals surface area (Å²) < 4.78 is 93.4. The van der Waals surface area contributed by atoms with Gasteiger partial charge in [0.1, 0.15) is 5.82 Å². The summed E-state index contributed by atoms with van der Waals surface area (Å²) in [7, 11) is -3.04. The van der Waals surface area contributed by atoms with Crippen LogP contribution in [-0.2, 0) is 39.7 Å². The summed E-state index contributed by atoms with van der Waals surface area (Å²) in [6, 6.07) is 9.51. The van der Waals surface area contributed by atoms with Crippen LogP contribution in [-0.4, -0.2) is 43.4 Å². The molecule has 2 aromatic carbocycles. The molecule has 1 unspecified atom stereocenters. The summed E-state index contributed by atoms with van der Waals surface area (Å²) >= 11 is 0. The number of halogens is 6. The van der Waals surface area contributed by atoms with Gasteiger partial charge in [0.2, 0.25) is 11.7 Å². The van der Waals surface area contributed by atoms with Gasteiger partial charge in [-0.2, -0.15) is 13.2 Å². The monoisotopic (exact) mass is 609 g/mol. The summed E-state index contributed by atoms with van der Waals surface area (Å²) in [5.74, 6) is -4.97. The summed E-state index contributed by atoms with van der Waals surface area (Å²) in [5.41, 5.74) is 0.791. The second kappa shape index (κ2) is 14.0. The first-order valence-electron chi connectivity index (χ1n) is 12.0. The van der Waals surface area contributed by atoms with Crippen LogP contribution < -0.4 is 10.2 Å². The van der Waals surface area contributed by atoms with Crippen LogP contribution in [0.25, 0.3) is 0 Å². The lowest BCUT2D eigenvalue weighted by atomic mass is 9.99. The lowest BCUT2D eigenvalue weighted by Crippen LogP contribution is -2.43. The minimum Gasteiger partial charge on any atom is -0.565 e. The van der Waals surface area contributed by atoms with E-state index in [1.54, 1.807) is 0 Å². The molecule has 2 heterocycles. The molecular formula is C24H26F6N5O5P. The maximum atomic E-state index is 14.4. The Labute approximate surface area is 231 Å². The van der Waals surface area contributed by atoms with E-state index in [-0.39, 0.29) is 51.3 Å². The number of rotatable bonds is 8. The fourth-order valence-electron chi connectivity index (χ4n) is 4.29. The fourth-order valence-corrected chi connectivity index (χ4v) is 4.29. The number of hydrogen-bond donors (Lipinski definition) is 2. The first-order valence-corrected chi connectivity index (χ1v) is 13.1. The van der Waals surface area contributed by atoms with E-state index in [2.05, 4.69) is 20.2 Å². The molecule has 3 atom stereocenters. The number of benzene rings is 2. The molecule has 1 aromatic heterocycles. The first-order chi connectivity index (χ1) is 19.3. The van der Waals surface area contributed by atoms with Gasteiger partial charge in [0.05, 0.1) is 6.54 Å². The van der Waals surface area contributed by atoms with E-state index < -0.39 is 49.7 Å². The van der Waals surface area contributed by atoms with E-state index in [0.717, 1.165) is 16.2 Å². The smallest absolute Gasteiger partial charge is 0.521 e. The highest BCUT2D eigenvalue weighted by molar-refractivity contribution is 7.30. The van der Waals surface area contributed by atoms with Crippen molar-refractivity contribution < 1.29 is 52.0 Å². The van der Waals surface area contributed by atoms with Crippen LogP contribution in [0.4, 0.5) is 26.3 Å². The standard InChI is InChI=1S/C24H23F6N5O.HO4P.H2/c1-14(15-5-3-2-4-6-15)31-17(9-16-10-19(26)20(27)12-18(16)25)11-22(36)34-7-8-35-21(13-34)32-33-23(35)24(28,29)30;1-4-5(2)3;/h2-6,10,12,14,17,31H,7-9,11,13H2,1H3;1H;1H/t14-,17+;;/m0../s1. The topological polar surface area (TPSA) is 133 Å². The molecule has 3 aromatic rings. The molecule has 4 rings (SSSR count). The molecule has 2 N–H and O–H groups in total. The second-order valence-corrected chi connectivity index (χ2v) is 9.58. The molecule has 0 fully saturated rings. The van der Waals surface area contributed by atoms with Crippen LogP contribution in [0, 0.1) is 17.5 Å². The molecule has 0 saturated carbocycles.